The molecule has 0 radical (unpaired) electrons. The Morgan fingerprint density at radius 3 is 2.39 bits per heavy atom. The molecule has 0 spiro atoms. The minimum atomic E-state index is -2.99. The molecule has 2 aromatic rings. The Kier molecular flexibility index (Phi) is 7.81. The predicted molar refractivity (Wildman–Crippen MR) is 124 cm³/mol. The number of hydrogen-bond donors (Lipinski definition) is 2. The predicted octanol–water partition coefficient (Wildman–Crippen LogP) is 3.37. The Morgan fingerprint density at radius 2 is 1.71 bits per heavy atom. The molecule has 0 aromatic heterocycles. The number of hydrogen-bond acceptors (Lipinski definition) is 7. The minimum absolute atomic E-state index is 0.173. The van der Waals surface area contributed by atoms with Crippen molar-refractivity contribution in [2.45, 2.75) is 51.2 Å². The molecule has 0 atom stereocenters. The Balaban J connectivity index is 1.47. The summed E-state index contributed by atoms with van der Waals surface area (Å²) in [5, 5.41) is 5.84. The monoisotopic (exact) mass is 442 g/mol. The lowest BCUT2D eigenvalue weighted by Crippen LogP contribution is -2.41. The molecule has 8 heteroatoms. The van der Waals surface area contributed by atoms with E-state index in [-0.39, 0.29) is 16.8 Å². The number of para-hydroxylation sites is 1. The number of rotatable bonds is 11. The molecule has 2 N–H and O–H groups in total. The van der Waals surface area contributed by atoms with E-state index in [4.69, 9.17) is 0 Å². The Hall–Kier alpha value is -2.71. The van der Waals surface area contributed by atoms with Crippen molar-refractivity contribution >= 4 is 27.1 Å². The first-order valence-corrected chi connectivity index (χ1v) is 12.3. The number of nitrogens with zero attached hydrogens (tertiary/aromatic N) is 2. The fraction of sp³-hybridized carbons (Fsp3) is 0.391. The first-order chi connectivity index (χ1) is 14.9. The molecule has 1 heterocycles. The third-order valence-corrected chi connectivity index (χ3v) is 7.56. The van der Waals surface area contributed by atoms with E-state index in [2.05, 4.69) is 16.2 Å². The third-order valence-electron chi connectivity index (χ3n) is 5.27. The number of carbonyl (C=O) groups excluding carboxylic acids is 1. The highest BCUT2D eigenvalue weighted by Gasteiger charge is 2.20. The summed E-state index contributed by atoms with van der Waals surface area (Å²) in [7, 11) is -2.99. The molecular weight excluding hydrogens is 412 g/mol. The number of hydrazine groups is 2. The van der Waals surface area contributed by atoms with Gasteiger partial charge in [0.05, 0.1) is 16.7 Å². The smallest absolute Gasteiger partial charge is 0.177 e. The van der Waals surface area contributed by atoms with Crippen LogP contribution in [-0.2, 0) is 21.1 Å². The van der Waals surface area contributed by atoms with E-state index in [1.165, 1.54) is 0 Å². The zero-order valence-corrected chi connectivity index (χ0v) is 18.9. The maximum absolute atomic E-state index is 12.3. The van der Waals surface area contributed by atoms with Crippen LogP contribution in [0.15, 0.2) is 59.7 Å². The summed E-state index contributed by atoms with van der Waals surface area (Å²) in [5.74, 6) is 1.13. The SMILES string of the molecule is CC(C)S(=O)(=O)CCCCCC(=O)Cc1ccc(C2=NNNN2c2ccccc2)cc1. The molecule has 0 fully saturated rings. The van der Waals surface area contributed by atoms with Gasteiger partial charge in [-0.3, -0.25) is 4.79 Å². The van der Waals surface area contributed by atoms with Gasteiger partial charge in [0.25, 0.3) is 0 Å². The van der Waals surface area contributed by atoms with Crippen molar-refractivity contribution in [2.24, 2.45) is 5.10 Å². The molecule has 3 rings (SSSR count). The van der Waals surface area contributed by atoms with Crippen LogP contribution in [0.25, 0.3) is 0 Å². The van der Waals surface area contributed by atoms with E-state index in [1.54, 1.807) is 13.8 Å². The highest BCUT2D eigenvalue weighted by molar-refractivity contribution is 7.91. The van der Waals surface area contributed by atoms with Crippen LogP contribution >= 0.6 is 0 Å². The second-order valence-corrected chi connectivity index (χ2v) is 10.6. The lowest BCUT2D eigenvalue weighted by atomic mass is 10.0. The number of ketones is 1. The van der Waals surface area contributed by atoms with Gasteiger partial charge < -0.3 is 0 Å². The van der Waals surface area contributed by atoms with Crippen LogP contribution < -0.4 is 16.1 Å². The molecule has 2 aromatic carbocycles. The van der Waals surface area contributed by atoms with Gasteiger partial charge in [0, 0.05) is 18.4 Å². The summed E-state index contributed by atoms with van der Waals surface area (Å²) in [5.41, 5.74) is 8.65. The van der Waals surface area contributed by atoms with Crippen molar-refractivity contribution in [2.75, 3.05) is 10.8 Å². The summed E-state index contributed by atoms with van der Waals surface area (Å²) >= 11 is 0. The lowest BCUT2D eigenvalue weighted by Gasteiger charge is -2.19. The molecule has 0 amide bonds. The quantitative estimate of drug-likeness (QED) is 0.519. The normalized spacial score (nSPS) is 13.9. The number of unbranched alkanes of at least 4 members (excludes halogenated alkanes) is 2. The average molecular weight is 443 g/mol. The van der Waals surface area contributed by atoms with Crippen LogP contribution in [-0.4, -0.2) is 31.0 Å². The summed E-state index contributed by atoms with van der Waals surface area (Å²) in [4.78, 5) is 12.3. The fourth-order valence-corrected chi connectivity index (χ4v) is 4.39. The van der Waals surface area contributed by atoms with Crippen LogP contribution in [0.5, 0.6) is 0 Å². The van der Waals surface area contributed by atoms with E-state index in [0.717, 1.165) is 35.5 Å². The van der Waals surface area contributed by atoms with Gasteiger partial charge in [0.15, 0.2) is 15.7 Å². The molecular formula is C23H30N4O3S. The highest BCUT2D eigenvalue weighted by Crippen LogP contribution is 2.18. The van der Waals surface area contributed by atoms with Crippen LogP contribution in [0.1, 0.15) is 50.7 Å². The Labute approximate surface area is 184 Å². The maximum atomic E-state index is 12.3. The van der Waals surface area contributed by atoms with Crippen molar-refractivity contribution in [1.82, 2.24) is 11.1 Å². The zero-order chi connectivity index (χ0) is 22.3. The summed E-state index contributed by atoms with van der Waals surface area (Å²) in [6.07, 6.45) is 2.96. The number of benzene rings is 2. The lowest BCUT2D eigenvalue weighted by molar-refractivity contribution is -0.118. The second kappa shape index (κ2) is 10.5. The third kappa shape index (κ3) is 6.38. The standard InChI is InChI=1S/C23H30N4O3S/c1-18(2)31(29,30)16-8-4-7-11-22(28)17-19-12-14-20(15-13-19)23-24-25-26-27(23)21-9-5-3-6-10-21/h3,5-6,9-10,12-15,18,25-26H,4,7-8,11,16-17H2,1-2H3. The molecule has 1 aliphatic rings. The first kappa shape index (κ1) is 23.0. The van der Waals surface area contributed by atoms with Crippen LogP contribution in [0.2, 0.25) is 0 Å². The molecule has 1 aliphatic heterocycles. The van der Waals surface area contributed by atoms with Gasteiger partial charge in [-0.1, -0.05) is 48.9 Å². The van der Waals surface area contributed by atoms with Gasteiger partial charge in [-0.05, 0) is 44.4 Å². The largest absolute Gasteiger partial charge is 0.299 e. The maximum Gasteiger partial charge on any atom is 0.177 e. The van der Waals surface area contributed by atoms with E-state index in [9.17, 15) is 13.2 Å². The number of anilines is 1. The number of hydrazone groups is 1. The van der Waals surface area contributed by atoms with Gasteiger partial charge in [-0.25, -0.2) is 19.0 Å². The molecule has 166 valence electrons. The summed E-state index contributed by atoms with van der Waals surface area (Å²) in [6, 6.07) is 17.7. The van der Waals surface area contributed by atoms with Crippen LogP contribution in [0.4, 0.5) is 5.69 Å². The topological polar surface area (TPSA) is 90.9 Å². The summed E-state index contributed by atoms with van der Waals surface area (Å²) in [6.45, 7) is 3.41. The molecule has 7 nitrogen and oxygen atoms in total. The molecule has 31 heavy (non-hydrogen) atoms. The van der Waals surface area contributed by atoms with Crippen molar-refractivity contribution in [3.8, 4) is 0 Å². The number of sulfone groups is 1. The van der Waals surface area contributed by atoms with E-state index >= 15 is 0 Å². The number of carbonyl (C=O) groups is 1. The van der Waals surface area contributed by atoms with E-state index < -0.39 is 9.84 Å². The fourth-order valence-electron chi connectivity index (χ4n) is 3.31. The first-order valence-electron chi connectivity index (χ1n) is 10.6. The molecule has 0 bridgehead atoms. The van der Waals surface area contributed by atoms with Gasteiger partial charge in [0.1, 0.15) is 5.78 Å². The number of amidine groups is 1. The van der Waals surface area contributed by atoms with Gasteiger partial charge in [-0.15, -0.1) is 10.6 Å². The van der Waals surface area contributed by atoms with E-state index in [1.807, 2.05) is 59.6 Å². The number of Topliss-reactive ketones (excluding diaryl/α,β-unsaturated/α-hetero) is 1. The summed E-state index contributed by atoms with van der Waals surface area (Å²) < 4.78 is 23.6. The number of nitrogens with one attached hydrogen (secondary N) is 2. The second-order valence-electron chi connectivity index (χ2n) is 7.97. The molecule has 0 saturated carbocycles. The highest BCUT2D eigenvalue weighted by atomic mass is 32.2. The Morgan fingerprint density at radius 1 is 1.00 bits per heavy atom. The molecule has 0 saturated heterocycles. The minimum Gasteiger partial charge on any atom is -0.299 e. The zero-order valence-electron chi connectivity index (χ0n) is 18.0. The van der Waals surface area contributed by atoms with Crippen molar-refractivity contribution in [1.29, 1.82) is 0 Å². The van der Waals surface area contributed by atoms with E-state index in [0.29, 0.717) is 19.3 Å². The van der Waals surface area contributed by atoms with Crippen molar-refractivity contribution < 1.29 is 13.2 Å². The van der Waals surface area contributed by atoms with Gasteiger partial charge >= 0.3 is 0 Å². The van der Waals surface area contributed by atoms with Crippen molar-refractivity contribution in [3.63, 3.8) is 0 Å². The van der Waals surface area contributed by atoms with Crippen LogP contribution in [0.3, 0.4) is 0 Å². The van der Waals surface area contributed by atoms with Crippen LogP contribution in [0, 0.1) is 0 Å². The van der Waals surface area contributed by atoms with Gasteiger partial charge in [0.2, 0.25) is 0 Å². The van der Waals surface area contributed by atoms with Gasteiger partial charge in [-0.2, -0.15) is 0 Å². The van der Waals surface area contributed by atoms with Crippen molar-refractivity contribution in [3.05, 3.63) is 65.7 Å². The average Bonchev–Trinajstić information content (AvgIpc) is 3.24. The Bertz CT molecular complexity index is 1000. The molecule has 0 unspecified atom stereocenters. The molecule has 0 aliphatic carbocycles.